The number of carbonyl (C=O) groups is 2. The molecule has 0 spiro atoms. The molecule has 0 aliphatic carbocycles. The van der Waals surface area contributed by atoms with Gasteiger partial charge in [-0.1, -0.05) is 11.8 Å². The predicted octanol–water partition coefficient (Wildman–Crippen LogP) is 1.27. The molecule has 2 aromatic rings. The molecule has 0 unspecified atom stereocenters. The van der Waals surface area contributed by atoms with Crippen LogP contribution in [-0.2, 0) is 9.59 Å². The zero-order valence-electron chi connectivity index (χ0n) is 16.4. The van der Waals surface area contributed by atoms with Crippen LogP contribution in [0.5, 0.6) is 0 Å². The van der Waals surface area contributed by atoms with Crippen molar-refractivity contribution in [3.63, 3.8) is 0 Å². The Kier molecular flexibility index (Phi) is 7.15. The first-order chi connectivity index (χ1) is 13.9. The van der Waals surface area contributed by atoms with Crippen LogP contribution >= 0.6 is 11.8 Å². The lowest BCUT2D eigenvalue weighted by atomic mass is 10.3. The highest BCUT2D eigenvalue weighted by atomic mass is 32.2. The fourth-order valence-electron chi connectivity index (χ4n) is 2.91. The molecule has 1 fully saturated rings. The van der Waals surface area contributed by atoms with E-state index in [0.29, 0.717) is 37.0 Å². The van der Waals surface area contributed by atoms with E-state index in [1.165, 1.54) is 36.0 Å². The lowest BCUT2D eigenvalue weighted by molar-refractivity contribution is -0.130. The van der Waals surface area contributed by atoms with Crippen LogP contribution in [0.1, 0.15) is 19.9 Å². The number of piperazine rings is 1. The van der Waals surface area contributed by atoms with Gasteiger partial charge in [0.2, 0.25) is 17.0 Å². The highest BCUT2D eigenvalue weighted by molar-refractivity contribution is 7.99. The maximum Gasteiger partial charge on any atom is 0.238 e. The monoisotopic (exact) mass is 421 g/mol. The van der Waals surface area contributed by atoms with Gasteiger partial charge in [0.15, 0.2) is 0 Å². The van der Waals surface area contributed by atoms with Crippen molar-refractivity contribution in [3.8, 4) is 0 Å². The Hall–Kier alpha value is -2.53. The third-order valence-corrected chi connectivity index (χ3v) is 5.41. The fourth-order valence-corrected chi connectivity index (χ4v) is 3.82. The smallest absolute Gasteiger partial charge is 0.238 e. The van der Waals surface area contributed by atoms with Crippen LogP contribution in [0.2, 0.25) is 0 Å². The number of tetrazole rings is 1. The molecule has 9 nitrogen and oxygen atoms in total. The molecule has 2 heterocycles. The zero-order chi connectivity index (χ0) is 20.8. The van der Waals surface area contributed by atoms with Gasteiger partial charge < -0.3 is 10.2 Å². The molecular weight excluding hydrogens is 397 g/mol. The molecule has 0 atom stereocenters. The minimum absolute atomic E-state index is 0.0312. The molecule has 29 heavy (non-hydrogen) atoms. The lowest BCUT2D eigenvalue weighted by Gasteiger charge is -2.34. The molecule has 0 radical (unpaired) electrons. The Balaban J connectivity index is 1.40. The summed E-state index contributed by atoms with van der Waals surface area (Å²) in [5.41, 5.74) is 0.561. The van der Waals surface area contributed by atoms with Gasteiger partial charge in [-0.05, 0) is 48.5 Å². The molecule has 1 aromatic heterocycles. The van der Waals surface area contributed by atoms with E-state index in [9.17, 15) is 14.0 Å². The second kappa shape index (κ2) is 9.79. The normalized spacial score (nSPS) is 15.0. The van der Waals surface area contributed by atoms with E-state index in [1.807, 2.05) is 18.7 Å². The van der Waals surface area contributed by atoms with Crippen LogP contribution in [0.4, 0.5) is 10.1 Å². The molecule has 3 rings (SSSR count). The summed E-state index contributed by atoms with van der Waals surface area (Å²) < 4.78 is 14.6. The summed E-state index contributed by atoms with van der Waals surface area (Å²) in [4.78, 5) is 28.4. The molecule has 1 aliphatic rings. The second-order valence-corrected chi connectivity index (χ2v) is 7.94. The maximum atomic E-state index is 12.9. The number of nitrogens with one attached hydrogen (secondary N) is 1. The van der Waals surface area contributed by atoms with Gasteiger partial charge >= 0.3 is 0 Å². The van der Waals surface area contributed by atoms with Gasteiger partial charge in [-0.25, -0.2) is 9.07 Å². The Morgan fingerprint density at radius 3 is 2.52 bits per heavy atom. The van der Waals surface area contributed by atoms with Gasteiger partial charge in [-0.3, -0.25) is 14.5 Å². The summed E-state index contributed by atoms with van der Waals surface area (Å²) >= 11 is 1.33. The summed E-state index contributed by atoms with van der Waals surface area (Å²) in [5.74, 6) is -0.197. The number of aromatic nitrogens is 4. The van der Waals surface area contributed by atoms with E-state index < -0.39 is 0 Å². The molecular formula is C18H24FN7O2S. The van der Waals surface area contributed by atoms with E-state index in [4.69, 9.17) is 0 Å². The molecule has 156 valence electrons. The number of rotatable bonds is 7. The van der Waals surface area contributed by atoms with Crippen LogP contribution in [0.3, 0.4) is 0 Å². The van der Waals surface area contributed by atoms with Crippen molar-refractivity contribution in [2.75, 3.05) is 43.8 Å². The van der Waals surface area contributed by atoms with Gasteiger partial charge in [-0.2, -0.15) is 0 Å². The Bertz CT molecular complexity index is 835. The first-order valence-electron chi connectivity index (χ1n) is 9.38. The SMILES string of the molecule is CC(C)n1nnnc1SCC(=O)N1CCN(CC(=O)Nc2ccc(F)cc2)CC1. The summed E-state index contributed by atoms with van der Waals surface area (Å²) in [6.07, 6.45) is 0. The molecule has 0 bridgehead atoms. The van der Waals surface area contributed by atoms with Crippen molar-refractivity contribution in [2.24, 2.45) is 0 Å². The van der Waals surface area contributed by atoms with Crippen molar-refractivity contribution in [2.45, 2.75) is 25.0 Å². The van der Waals surface area contributed by atoms with E-state index in [1.54, 1.807) is 9.58 Å². The summed E-state index contributed by atoms with van der Waals surface area (Å²) in [6.45, 7) is 6.57. The highest BCUT2D eigenvalue weighted by Crippen LogP contribution is 2.18. The molecule has 2 amide bonds. The number of benzene rings is 1. The van der Waals surface area contributed by atoms with Gasteiger partial charge in [0.1, 0.15) is 5.82 Å². The second-order valence-electron chi connectivity index (χ2n) is 7.00. The molecule has 1 N–H and O–H groups in total. The molecule has 1 saturated heterocycles. The molecule has 0 saturated carbocycles. The van der Waals surface area contributed by atoms with E-state index >= 15 is 0 Å². The number of carbonyl (C=O) groups excluding carboxylic acids is 2. The van der Waals surface area contributed by atoms with Crippen LogP contribution in [0.25, 0.3) is 0 Å². The lowest BCUT2D eigenvalue weighted by Crippen LogP contribution is -2.50. The minimum Gasteiger partial charge on any atom is -0.339 e. The number of amides is 2. The Morgan fingerprint density at radius 2 is 1.86 bits per heavy atom. The first-order valence-corrected chi connectivity index (χ1v) is 10.4. The average Bonchev–Trinajstić information content (AvgIpc) is 3.17. The van der Waals surface area contributed by atoms with E-state index in [-0.39, 0.29) is 36.0 Å². The van der Waals surface area contributed by atoms with Crippen molar-refractivity contribution < 1.29 is 14.0 Å². The van der Waals surface area contributed by atoms with E-state index in [0.717, 1.165) is 0 Å². The zero-order valence-corrected chi connectivity index (χ0v) is 17.2. The quantitative estimate of drug-likeness (QED) is 0.673. The van der Waals surface area contributed by atoms with Gasteiger partial charge in [0.05, 0.1) is 18.3 Å². The summed E-state index contributed by atoms with van der Waals surface area (Å²) in [5, 5.41) is 14.9. The van der Waals surface area contributed by atoms with Crippen molar-refractivity contribution in [1.29, 1.82) is 0 Å². The number of halogens is 1. The topological polar surface area (TPSA) is 96.2 Å². The van der Waals surface area contributed by atoms with Crippen molar-refractivity contribution >= 4 is 29.3 Å². The van der Waals surface area contributed by atoms with Crippen molar-refractivity contribution in [3.05, 3.63) is 30.1 Å². The van der Waals surface area contributed by atoms with Crippen molar-refractivity contribution in [1.82, 2.24) is 30.0 Å². The van der Waals surface area contributed by atoms with Crippen LogP contribution < -0.4 is 5.32 Å². The fraction of sp³-hybridized carbons (Fsp3) is 0.500. The number of thioether (sulfide) groups is 1. The maximum absolute atomic E-state index is 12.9. The molecule has 1 aliphatic heterocycles. The van der Waals surface area contributed by atoms with Crippen LogP contribution in [0, 0.1) is 5.82 Å². The standard InChI is InChI=1S/C18H24FN7O2S/c1-13(2)26-18(21-22-23-26)29-12-17(28)25-9-7-24(8-10-25)11-16(27)20-15-5-3-14(19)4-6-15/h3-6,13H,7-12H2,1-2H3,(H,20,27). The van der Waals surface area contributed by atoms with Gasteiger partial charge in [-0.15, -0.1) is 5.10 Å². The highest BCUT2D eigenvalue weighted by Gasteiger charge is 2.23. The Labute approximate surface area is 172 Å². The summed E-state index contributed by atoms with van der Waals surface area (Å²) in [6, 6.07) is 5.79. The summed E-state index contributed by atoms with van der Waals surface area (Å²) in [7, 11) is 0. The van der Waals surface area contributed by atoms with Crippen LogP contribution in [-0.4, -0.2) is 80.3 Å². The number of nitrogens with zero attached hydrogens (tertiary/aromatic N) is 6. The molecule has 11 heteroatoms. The Morgan fingerprint density at radius 1 is 1.17 bits per heavy atom. The number of hydrogen-bond acceptors (Lipinski definition) is 7. The third-order valence-electron chi connectivity index (χ3n) is 4.50. The number of anilines is 1. The third kappa shape index (κ3) is 5.97. The first kappa shape index (κ1) is 21.2. The van der Waals surface area contributed by atoms with Crippen LogP contribution in [0.15, 0.2) is 29.4 Å². The largest absolute Gasteiger partial charge is 0.339 e. The number of hydrogen-bond donors (Lipinski definition) is 1. The minimum atomic E-state index is -0.345. The van der Waals surface area contributed by atoms with Gasteiger partial charge in [0.25, 0.3) is 0 Å². The van der Waals surface area contributed by atoms with E-state index in [2.05, 4.69) is 20.8 Å². The average molecular weight is 422 g/mol. The van der Waals surface area contributed by atoms with Gasteiger partial charge in [0, 0.05) is 31.9 Å². The molecule has 1 aromatic carbocycles. The predicted molar refractivity (Wildman–Crippen MR) is 107 cm³/mol.